The van der Waals surface area contributed by atoms with Crippen LogP contribution in [0.3, 0.4) is 0 Å². The van der Waals surface area contributed by atoms with E-state index in [0.717, 1.165) is 0 Å². The first-order valence-electron chi connectivity index (χ1n) is 13.6. The Bertz CT molecular complexity index is 1260. The summed E-state index contributed by atoms with van der Waals surface area (Å²) in [7, 11) is 0. The van der Waals surface area contributed by atoms with Crippen molar-refractivity contribution in [3.63, 3.8) is 0 Å². The zero-order valence-corrected chi connectivity index (χ0v) is 23.0. The fraction of sp³-hybridized carbons (Fsp3) is 0.640. The third kappa shape index (κ3) is 5.10. The van der Waals surface area contributed by atoms with Gasteiger partial charge in [0.1, 0.15) is 24.5 Å². The maximum atomic E-state index is 12.7. The predicted octanol–water partition coefficient (Wildman–Crippen LogP) is -0.824. The normalized spacial score (nSPS) is 33.3. The molecule has 2 aromatic rings. The summed E-state index contributed by atoms with van der Waals surface area (Å²) in [6.07, 6.45) is -1.52. The van der Waals surface area contributed by atoms with Gasteiger partial charge in [-0.15, -0.1) is 0 Å². The number of aromatic nitrogens is 4. The number of nitrogens with one attached hydrogen (secondary N) is 2. The lowest BCUT2D eigenvalue weighted by molar-refractivity contribution is -0.133. The second-order valence-electron chi connectivity index (χ2n) is 10.7. The smallest absolute Gasteiger partial charge is 0.271 e. The van der Waals surface area contributed by atoms with Gasteiger partial charge >= 0.3 is 0 Å². The molecule has 1 amide bonds. The Labute approximate surface area is 235 Å². The zero-order chi connectivity index (χ0) is 29.5. The summed E-state index contributed by atoms with van der Waals surface area (Å²) in [5.74, 6) is -0.354. The minimum atomic E-state index is -1.52. The van der Waals surface area contributed by atoms with Crippen LogP contribution in [0.5, 0.6) is 0 Å². The molecule has 9 atom stereocenters. The van der Waals surface area contributed by atoms with E-state index in [4.69, 9.17) is 9.47 Å². The molecule has 5 rings (SSSR count). The standard InChI is InChI=1S/C25H36N8O8/c1-4-16(32-6-5-26-10-32)28-21-18-22(30-25(29-21)31-23(39)12(2)3)33(11-27-18,17-7-13(36)14(8-34)40-17)24-20(38)19(37)15(9-35)41-24/h5-6,10-17,19-20,24,34-38H,4,7-9H2,1-3H3,(H-,28,29,30,31,39)/p+1/t13-,14+,15+,16?,17-,19+,20+,24+,33?/m0/s1. The summed E-state index contributed by atoms with van der Waals surface area (Å²) in [6.45, 7) is 4.37. The molecule has 3 aliphatic rings. The molecular formula is C25H37N8O8+. The van der Waals surface area contributed by atoms with E-state index in [1.54, 1.807) is 32.6 Å². The number of aliphatic imine (C=N–C) groups is 1. The number of anilines is 2. The number of carbonyl (C=O) groups is 1. The highest BCUT2D eigenvalue weighted by Crippen LogP contribution is 2.49. The van der Waals surface area contributed by atoms with E-state index in [1.165, 1.54) is 6.34 Å². The van der Waals surface area contributed by atoms with Crippen molar-refractivity contribution in [2.45, 2.75) is 82.8 Å². The fourth-order valence-corrected chi connectivity index (χ4v) is 5.39. The topological polar surface area (TPSA) is 217 Å². The van der Waals surface area contributed by atoms with Crippen molar-refractivity contribution in [3.05, 3.63) is 18.7 Å². The van der Waals surface area contributed by atoms with Crippen LogP contribution in [0, 0.1) is 5.92 Å². The number of amides is 1. The third-order valence-corrected chi connectivity index (χ3v) is 7.74. The molecule has 2 aromatic heterocycles. The Balaban J connectivity index is 1.67. The van der Waals surface area contributed by atoms with Gasteiger partial charge in [-0.3, -0.25) is 10.1 Å². The maximum absolute atomic E-state index is 12.7. The van der Waals surface area contributed by atoms with Crippen LogP contribution in [0.2, 0.25) is 0 Å². The first-order chi connectivity index (χ1) is 19.6. The molecule has 3 aliphatic heterocycles. The minimum absolute atomic E-state index is 0.00374. The van der Waals surface area contributed by atoms with Gasteiger partial charge in [0.05, 0.1) is 32.1 Å². The Morgan fingerprint density at radius 1 is 1.15 bits per heavy atom. The van der Waals surface area contributed by atoms with E-state index in [1.807, 2.05) is 11.5 Å². The van der Waals surface area contributed by atoms with Crippen molar-refractivity contribution < 1.29 is 39.8 Å². The van der Waals surface area contributed by atoms with Crippen LogP contribution in [0.15, 0.2) is 23.7 Å². The summed E-state index contributed by atoms with van der Waals surface area (Å²) in [5.41, 5.74) is 0.259. The first kappa shape index (κ1) is 29.4. The molecule has 16 nitrogen and oxygen atoms in total. The van der Waals surface area contributed by atoms with Crippen molar-refractivity contribution >= 4 is 35.5 Å². The van der Waals surface area contributed by atoms with Crippen molar-refractivity contribution in [1.29, 1.82) is 0 Å². The second kappa shape index (κ2) is 11.7. The van der Waals surface area contributed by atoms with Gasteiger partial charge < -0.3 is 44.9 Å². The van der Waals surface area contributed by atoms with E-state index in [2.05, 4.69) is 30.6 Å². The van der Waals surface area contributed by atoms with E-state index >= 15 is 0 Å². The maximum Gasteiger partial charge on any atom is 0.271 e. The average molecular weight is 578 g/mol. The van der Waals surface area contributed by atoms with E-state index in [0.29, 0.717) is 6.42 Å². The summed E-state index contributed by atoms with van der Waals surface area (Å²) in [6, 6.07) is 0. The quantitative estimate of drug-likeness (QED) is 0.172. The van der Waals surface area contributed by atoms with Gasteiger partial charge in [-0.25, -0.2) is 4.98 Å². The Kier molecular flexibility index (Phi) is 8.36. The Morgan fingerprint density at radius 2 is 1.90 bits per heavy atom. The molecule has 0 radical (unpaired) electrons. The molecule has 16 heteroatoms. The number of carbonyl (C=O) groups excluding carboxylic acids is 1. The number of aliphatic hydroxyl groups excluding tert-OH is 5. The number of fused-ring (bicyclic) bond motifs is 1. The van der Waals surface area contributed by atoms with Gasteiger partial charge in [-0.1, -0.05) is 20.8 Å². The first-order valence-corrected chi connectivity index (χ1v) is 13.6. The molecule has 2 unspecified atom stereocenters. The zero-order valence-electron chi connectivity index (χ0n) is 23.0. The Hall–Kier alpha value is -3.09. The van der Waals surface area contributed by atoms with E-state index in [-0.39, 0.29) is 47.7 Å². The van der Waals surface area contributed by atoms with Crippen LogP contribution in [0.25, 0.3) is 0 Å². The highest BCUT2D eigenvalue weighted by Gasteiger charge is 2.63. The highest BCUT2D eigenvalue weighted by molar-refractivity contribution is 5.95. The van der Waals surface area contributed by atoms with E-state index < -0.39 is 60.7 Å². The highest BCUT2D eigenvalue weighted by atomic mass is 16.6. The molecule has 41 heavy (non-hydrogen) atoms. The van der Waals surface area contributed by atoms with Gasteiger partial charge in [0, 0.05) is 18.3 Å². The molecule has 0 saturated carbocycles. The van der Waals surface area contributed by atoms with Gasteiger partial charge in [0.25, 0.3) is 5.82 Å². The number of hydrogen-bond donors (Lipinski definition) is 7. The molecule has 0 bridgehead atoms. The number of rotatable bonds is 10. The molecule has 224 valence electrons. The Morgan fingerprint density at radius 3 is 2.49 bits per heavy atom. The molecule has 2 fully saturated rings. The van der Waals surface area contributed by atoms with Crippen molar-refractivity contribution in [2.24, 2.45) is 10.9 Å². The summed E-state index contributed by atoms with van der Waals surface area (Å²) in [4.78, 5) is 30.6. The lowest BCUT2D eigenvalue weighted by atomic mass is 10.1. The summed E-state index contributed by atoms with van der Waals surface area (Å²) < 4.78 is 13.3. The monoisotopic (exact) mass is 577 g/mol. The van der Waals surface area contributed by atoms with Crippen molar-refractivity contribution in [2.75, 3.05) is 23.8 Å². The molecule has 0 aromatic carbocycles. The number of hydrogen-bond acceptors (Lipinski definition) is 13. The minimum Gasteiger partial charge on any atom is -0.394 e. The molecular weight excluding hydrogens is 540 g/mol. The number of ether oxygens (including phenoxy) is 2. The van der Waals surface area contributed by atoms with Crippen LogP contribution in [0.4, 0.5) is 23.3 Å². The van der Waals surface area contributed by atoms with E-state index in [9.17, 15) is 30.3 Å². The molecule has 7 N–H and O–H groups in total. The van der Waals surface area contributed by atoms with Gasteiger partial charge in [-0.2, -0.15) is 19.4 Å². The molecule has 0 aliphatic carbocycles. The summed E-state index contributed by atoms with van der Waals surface area (Å²) >= 11 is 0. The van der Waals surface area contributed by atoms with Crippen molar-refractivity contribution in [3.8, 4) is 0 Å². The van der Waals surface area contributed by atoms with Gasteiger partial charge in [0.2, 0.25) is 30.6 Å². The number of aliphatic hydroxyl groups is 5. The fourth-order valence-electron chi connectivity index (χ4n) is 5.39. The predicted molar refractivity (Wildman–Crippen MR) is 145 cm³/mol. The van der Waals surface area contributed by atoms with Crippen LogP contribution in [-0.2, 0) is 14.3 Å². The van der Waals surface area contributed by atoms with Crippen LogP contribution >= 0.6 is 0 Å². The molecule has 5 heterocycles. The SMILES string of the molecule is CCC(Nc1nc(NC(=O)C(C)C)nc2c1N=C[N+]2([C@@H]1C[C@H](O)[C@@H](CO)O1)[C@@H]1O[C@H](CO)[C@@H](O)[C@H]1O)n1ccnc1. The van der Waals surface area contributed by atoms with Gasteiger partial charge in [0.15, 0.2) is 17.6 Å². The van der Waals surface area contributed by atoms with Crippen molar-refractivity contribution in [1.82, 2.24) is 24.0 Å². The number of nitrogens with zero attached hydrogens (tertiary/aromatic N) is 6. The lowest BCUT2D eigenvalue weighted by Crippen LogP contribution is -2.65. The largest absolute Gasteiger partial charge is 0.394 e. The second-order valence-corrected chi connectivity index (χ2v) is 10.7. The third-order valence-electron chi connectivity index (χ3n) is 7.74. The molecule has 2 saturated heterocycles. The summed E-state index contributed by atoms with van der Waals surface area (Å²) in [5, 5.41) is 58.1. The number of imidazole rings is 1. The van der Waals surface area contributed by atoms with Gasteiger partial charge in [-0.05, 0) is 6.42 Å². The number of quaternary nitrogens is 1. The average Bonchev–Trinajstić information content (AvgIpc) is 3.75. The van der Waals surface area contributed by atoms with Crippen LogP contribution in [0.1, 0.15) is 39.8 Å². The van der Waals surface area contributed by atoms with Crippen LogP contribution in [-0.4, -0.2) is 113 Å². The molecule has 0 spiro atoms. The lowest BCUT2D eigenvalue weighted by Gasteiger charge is -2.39. The van der Waals surface area contributed by atoms with Crippen LogP contribution < -0.4 is 15.1 Å².